The Morgan fingerprint density at radius 2 is 1.89 bits per heavy atom. The number of amides is 1. The van der Waals surface area contributed by atoms with Crippen LogP contribution in [0.25, 0.3) is 5.57 Å². The molecule has 1 amide bonds. The van der Waals surface area contributed by atoms with Crippen LogP contribution in [0.3, 0.4) is 0 Å². The summed E-state index contributed by atoms with van der Waals surface area (Å²) in [5.74, 6) is -0.0163. The topological polar surface area (TPSA) is 120 Å². The molecule has 1 aromatic heterocycles. The molecule has 0 bridgehead atoms. The van der Waals surface area contributed by atoms with Crippen LogP contribution in [0.5, 0.6) is 11.5 Å². The van der Waals surface area contributed by atoms with Crippen molar-refractivity contribution < 1.29 is 23.8 Å². The number of carbonyl (C=O) groups excluding carboxylic acids is 2. The SMILES string of the molecule is C=C(COc1ccc(C(=O)OCC)cc1)c1c(S)nc(C(=O)NCc2cccc(OC)c2)[nH]c1=O. The first-order chi connectivity index (χ1) is 16.8. The standard InChI is InChI=1S/C25H25N3O6S/c1-4-33-25(31)17-8-10-18(11-9-17)34-14-15(2)20-22(29)27-21(28-24(20)35)23(30)26-13-16-6-5-7-19(12-16)32-3/h5-12H,2,4,13-14H2,1,3H3,(H,26,30)(H2,27,28,29,35). The molecule has 9 nitrogen and oxygen atoms in total. The summed E-state index contributed by atoms with van der Waals surface area (Å²) < 4.78 is 15.8. The number of hydrogen-bond acceptors (Lipinski definition) is 8. The number of aromatic nitrogens is 2. The summed E-state index contributed by atoms with van der Waals surface area (Å²) >= 11 is 4.28. The van der Waals surface area contributed by atoms with Crippen molar-refractivity contribution in [2.75, 3.05) is 20.3 Å². The Balaban J connectivity index is 1.63. The molecule has 2 aromatic carbocycles. The van der Waals surface area contributed by atoms with Gasteiger partial charge in [0.15, 0.2) is 5.82 Å². The van der Waals surface area contributed by atoms with Crippen LogP contribution in [0.2, 0.25) is 0 Å². The molecular formula is C25H25N3O6S. The maximum Gasteiger partial charge on any atom is 0.338 e. The van der Waals surface area contributed by atoms with Gasteiger partial charge in [-0.25, -0.2) is 9.78 Å². The van der Waals surface area contributed by atoms with Gasteiger partial charge in [0.05, 0.1) is 24.8 Å². The number of benzene rings is 2. The number of hydrogen-bond donors (Lipinski definition) is 3. The van der Waals surface area contributed by atoms with Gasteiger partial charge in [0.1, 0.15) is 23.1 Å². The van der Waals surface area contributed by atoms with E-state index in [9.17, 15) is 14.4 Å². The maximum atomic E-state index is 12.6. The summed E-state index contributed by atoms with van der Waals surface area (Å²) in [4.78, 5) is 43.5. The minimum Gasteiger partial charge on any atom is -0.497 e. The number of H-pyrrole nitrogens is 1. The van der Waals surface area contributed by atoms with E-state index in [1.807, 2.05) is 12.1 Å². The van der Waals surface area contributed by atoms with Gasteiger partial charge in [-0.3, -0.25) is 9.59 Å². The summed E-state index contributed by atoms with van der Waals surface area (Å²) in [6.07, 6.45) is 0. The van der Waals surface area contributed by atoms with Crippen molar-refractivity contribution in [3.05, 3.63) is 88.0 Å². The Labute approximate surface area is 207 Å². The van der Waals surface area contributed by atoms with Gasteiger partial charge in [-0.1, -0.05) is 18.7 Å². The third-order valence-electron chi connectivity index (χ3n) is 4.83. The molecule has 10 heteroatoms. The minimum absolute atomic E-state index is 0.0293. The highest BCUT2D eigenvalue weighted by Crippen LogP contribution is 2.19. The van der Waals surface area contributed by atoms with E-state index in [4.69, 9.17) is 14.2 Å². The van der Waals surface area contributed by atoms with Crippen molar-refractivity contribution in [3.8, 4) is 11.5 Å². The van der Waals surface area contributed by atoms with E-state index >= 15 is 0 Å². The molecule has 0 saturated carbocycles. The van der Waals surface area contributed by atoms with Gasteiger partial charge in [0.2, 0.25) is 0 Å². The van der Waals surface area contributed by atoms with Crippen molar-refractivity contribution in [1.82, 2.24) is 15.3 Å². The van der Waals surface area contributed by atoms with E-state index in [1.165, 1.54) is 0 Å². The van der Waals surface area contributed by atoms with Crippen molar-refractivity contribution in [2.45, 2.75) is 18.5 Å². The van der Waals surface area contributed by atoms with Crippen LogP contribution in [-0.4, -0.2) is 42.2 Å². The zero-order valence-corrected chi connectivity index (χ0v) is 20.2. The molecular weight excluding hydrogens is 470 g/mol. The van der Waals surface area contributed by atoms with Crippen molar-refractivity contribution in [3.63, 3.8) is 0 Å². The van der Waals surface area contributed by atoms with Crippen LogP contribution in [0.15, 0.2) is 64.9 Å². The molecule has 0 spiro atoms. The van der Waals surface area contributed by atoms with Crippen LogP contribution >= 0.6 is 12.6 Å². The van der Waals surface area contributed by atoms with Gasteiger partial charge in [-0.2, -0.15) is 0 Å². The number of esters is 1. The summed E-state index contributed by atoms with van der Waals surface area (Å²) in [7, 11) is 1.56. The Morgan fingerprint density at radius 1 is 1.14 bits per heavy atom. The van der Waals surface area contributed by atoms with E-state index in [1.54, 1.807) is 50.4 Å². The molecule has 0 atom stereocenters. The number of aromatic amines is 1. The first-order valence-electron chi connectivity index (χ1n) is 10.6. The van der Waals surface area contributed by atoms with Crippen LogP contribution in [0, 0.1) is 0 Å². The quantitative estimate of drug-likeness (QED) is 0.224. The Bertz CT molecular complexity index is 1290. The number of nitrogens with zero attached hydrogens (tertiary/aromatic N) is 1. The molecule has 182 valence electrons. The lowest BCUT2D eigenvalue weighted by Gasteiger charge is -2.11. The smallest absolute Gasteiger partial charge is 0.338 e. The Morgan fingerprint density at radius 3 is 2.54 bits per heavy atom. The van der Waals surface area contributed by atoms with Gasteiger partial charge in [0.25, 0.3) is 11.5 Å². The normalized spacial score (nSPS) is 10.4. The van der Waals surface area contributed by atoms with Crippen molar-refractivity contribution in [2.24, 2.45) is 0 Å². The number of nitrogens with one attached hydrogen (secondary N) is 2. The fraction of sp³-hybridized carbons (Fsp3) is 0.200. The summed E-state index contributed by atoms with van der Waals surface area (Å²) in [6.45, 7) is 6.09. The highest BCUT2D eigenvalue weighted by molar-refractivity contribution is 7.80. The Kier molecular flexibility index (Phi) is 8.69. The van der Waals surface area contributed by atoms with Crippen molar-refractivity contribution >= 4 is 30.1 Å². The van der Waals surface area contributed by atoms with Gasteiger partial charge in [-0.15, -0.1) is 12.6 Å². The number of thiol groups is 1. The minimum atomic E-state index is -0.567. The second-order valence-corrected chi connectivity index (χ2v) is 7.71. The zero-order valence-electron chi connectivity index (χ0n) is 19.3. The van der Waals surface area contributed by atoms with Gasteiger partial charge < -0.3 is 24.5 Å². The molecule has 0 aliphatic rings. The van der Waals surface area contributed by atoms with E-state index in [-0.39, 0.29) is 36.2 Å². The van der Waals surface area contributed by atoms with Gasteiger partial charge in [-0.05, 0) is 54.5 Å². The van der Waals surface area contributed by atoms with E-state index in [0.29, 0.717) is 22.6 Å². The molecule has 0 saturated heterocycles. The average molecular weight is 496 g/mol. The number of ether oxygens (including phenoxy) is 3. The summed E-state index contributed by atoms with van der Waals surface area (Å²) in [5.41, 5.74) is 1.09. The van der Waals surface area contributed by atoms with Crippen molar-refractivity contribution in [1.29, 1.82) is 0 Å². The van der Waals surface area contributed by atoms with Crippen LogP contribution < -0.4 is 20.3 Å². The molecule has 0 radical (unpaired) electrons. The van der Waals surface area contributed by atoms with E-state index in [0.717, 1.165) is 5.56 Å². The lowest BCUT2D eigenvalue weighted by molar-refractivity contribution is 0.0526. The predicted molar refractivity (Wildman–Crippen MR) is 133 cm³/mol. The van der Waals surface area contributed by atoms with Gasteiger partial charge >= 0.3 is 5.97 Å². The highest BCUT2D eigenvalue weighted by Gasteiger charge is 2.17. The second kappa shape index (κ2) is 11.9. The summed E-state index contributed by atoms with van der Waals surface area (Å²) in [6, 6.07) is 13.6. The molecule has 1 heterocycles. The zero-order chi connectivity index (χ0) is 25.4. The number of methoxy groups -OCH3 is 1. The molecule has 0 unspecified atom stereocenters. The molecule has 3 rings (SSSR count). The van der Waals surface area contributed by atoms with Crippen LogP contribution in [0.1, 0.15) is 39.0 Å². The fourth-order valence-corrected chi connectivity index (χ4v) is 3.44. The molecule has 35 heavy (non-hydrogen) atoms. The molecule has 2 N–H and O–H groups in total. The summed E-state index contributed by atoms with van der Waals surface area (Å²) in [5, 5.41) is 2.74. The Hall–Kier alpha value is -4.05. The van der Waals surface area contributed by atoms with Gasteiger partial charge in [0, 0.05) is 6.54 Å². The largest absolute Gasteiger partial charge is 0.497 e. The lowest BCUT2D eigenvalue weighted by Crippen LogP contribution is -2.29. The number of rotatable bonds is 10. The highest BCUT2D eigenvalue weighted by atomic mass is 32.1. The first kappa shape index (κ1) is 25.6. The molecule has 3 aromatic rings. The van der Waals surface area contributed by atoms with Crippen LogP contribution in [-0.2, 0) is 11.3 Å². The molecule has 0 aliphatic heterocycles. The van der Waals surface area contributed by atoms with Crippen LogP contribution in [0.4, 0.5) is 0 Å². The number of carbonyl (C=O) groups is 2. The van der Waals surface area contributed by atoms with E-state index in [2.05, 4.69) is 34.5 Å². The first-order valence-corrected chi connectivity index (χ1v) is 11.1. The third kappa shape index (κ3) is 6.73. The van der Waals surface area contributed by atoms with E-state index < -0.39 is 17.4 Å². The average Bonchev–Trinajstić information content (AvgIpc) is 2.86. The fourth-order valence-electron chi connectivity index (χ4n) is 3.08. The molecule has 0 aliphatic carbocycles. The second-order valence-electron chi connectivity index (χ2n) is 7.28. The maximum absolute atomic E-state index is 12.6. The predicted octanol–water partition coefficient (Wildman–Crippen LogP) is 3.27. The molecule has 0 fully saturated rings. The lowest BCUT2D eigenvalue weighted by atomic mass is 10.1. The third-order valence-corrected chi connectivity index (χ3v) is 5.16. The monoisotopic (exact) mass is 495 g/mol.